The number of anilines is 1. The van der Waals surface area contributed by atoms with Gasteiger partial charge in [0.1, 0.15) is 11.4 Å². The smallest absolute Gasteiger partial charge is 0.198 e. The third-order valence-corrected chi connectivity index (χ3v) is 4.99. The van der Waals surface area contributed by atoms with E-state index >= 15 is 0 Å². The molecule has 1 aromatic carbocycles. The van der Waals surface area contributed by atoms with E-state index in [1.54, 1.807) is 4.68 Å². The zero-order chi connectivity index (χ0) is 19.8. The molecule has 0 bridgehead atoms. The van der Waals surface area contributed by atoms with Gasteiger partial charge in [-0.25, -0.2) is 0 Å². The number of carbonyl (C=O) groups excluding carboxylic acids is 1. The normalized spacial score (nSPS) is 12.6. The topological polar surface area (TPSA) is 109 Å². The highest BCUT2D eigenvalue weighted by atomic mass is 16.3. The molecule has 4 N–H and O–H groups in total. The van der Waals surface area contributed by atoms with E-state index < -0.39 is 0 Å². The Hall–Kier alpha value is -2.97. The summed E-state index contributed by atoms with van der Waals surface area (Å²) in [7, 11) is 4.07. The largest absolute Gasteiger partial charge is 0.506 e. The van der Waals surface area contributed by atoms with Crippen molar-refractivity contribution in [1.82, 2.24) is 19.7 Å². The van der Waals surface area contributed by atoms with E-state index in [9.17, 15) is 9.90 Å². The molecule has 8 heteroatoms. The van der Waals surface area contributed by atoms with E-state index in [4.69, 9.17) is 5.73 Å². The molecule has 0 saturated heterocycles. The molecular weight excluding hydrogens is 356 g/mol. The number of pyridine rings is 1. The SMILES string of the molecule is CN(C)CCCNc1ccc2c3c(nn2CCN)-c2c(O)cncc2C(=O)c13. The van der Waals surface area contributed by atoms with Crippen LogP contribution in [0, 0.1) is 0 Å². The lowest BCUT2D eigenvalue weighted by Gasteiger charge is -2.19. The Morgan fingerprint density at radius 1 is 1.25 bits per heavy atom. The van der Waals surface area contributed by atoms with Crippen LogP contribution in [0.15, 0.2) is 24.5 Å². The predicted octanol–water partition coefficient (Wildman–Crippen LogP) is 1.67. The maximum absolute atomic E-state index is 13.3. The molecule has 4 rings (SSSR count). The Kier molecular flexibility index (Phi) is 4.74. The first kappa shape index (κ1) is 18.4. The van der Waals surface area contributed by atoms with Crippen LogP contribution in [0.2, 0.25) is 0 Å². The number of benzene rings is 1. The van der Waals surface area contributed by atoms with Gasteiger partial charge in [-0.3, -0.25) is 14.5 Å². The van der Waals surface area contributed by atoms with Gasteiger partial charge in [0.15, 0.2) is 5.78 Å². The third kappa shape index (κ3) is 2.90. The minimum atomic E-state index is -0.154. The molecule has 8 nitrogen and oxygen atoms in total. The van der Waals surface area contributed by atoms with Crippen LogP contribution in [0.4, 0.5) is 5.69 Å². The number of nitrogens with zero attached hydrogens (tertiary/aromatic N) is 4. The van der Waals surface area contributed by atoms with Crippen LogP contribution in [0.25, 0.3) is 22.2 Å². The number of nitrogens with two attached hydrogens (primary N) is 1. The van der Waals surface area contributed by atoms with Crippen LogP contribution in [0.3, 0.4) is 0 Å². The standard InChI is InChI=1S/C20H24N6O2/c1-25(2)8-3-7-23-13-4-5-14-18-17(13)20(28)12-10-22-11-15(27)16(12)19(18)24-26(14)9-6-21/h4-5,10-11,23,27H,3,6-9,21H2,1-2H3. The Morgan fingerprint density at radius 2 is 2.07 bits per heavy atom. The number of carbonyl (C=O) groups is 1. The van der Waals surface area contributed by atoms with Crippen LogP contribution in [0.5, 0.6) is 5.75 Å². The van der Waals surface area contributed by atoms with E-state index in [-0.39, 0.29) is 11.5 Å². The highest BCUT2D eigenvalue weighted by Gasteiger charge is 2.33. The first-order chi connectivity index (χ1) is 13.5. The minimum Gasteiger partial charge on any atom is -0.506 e. The van der Waals surface area contributed by atoms with Crippen molar-refractivity contribution in [2.24, 2.45) is 5.73 Å². The van der Waals surface area contributed by atoms with Gasteiger partial charge in [-0.15, -0.1) is 0 Å². The summed E-state index contributed by atoms with van der Waals surface area (Å²) in [6.45, 7) is 2.67. The molecule has 1 aliphatic carbocycles. The lowest BCUT2D eigenvalue weighted by atomic mass is 9.87. The molecular formula is C20H24N6O2. The highest BCUT2D eigenvalue weighted by Crippen LogP contribution is 2.44. The summed E-state index contributed by atoms with van der Waals surface area (Å²) in [5.41, 5.74) is 9.35. The zero-order valence-electron chi connectivity index (χ0n) is 16.1. The summed E-state index contributed by atoms with van der Waals surface area (Å²) < 4.78 is 1.80. The number of hydrogen-bond donors (Lipinski definition) is 3. The molecule has 0 amide bonds. The number of nitrogens with one attached hydrogen (secondary N) is 1. The average Bonchev–Trinajstić information content (AvgIpc) is 3.02. The van der Waals surface area contributed by atoms with Gasteiger partial charge in [-0.05, 0) is 39.2 Å². The Balaban J connectivity index is 1.87. The number of aromatic nitrogens is 3. The fourth-order valence-electron chi connectivity index (χ4n) is 3.75. The Morgan fingerprint density at radius 3 is 2.82 bits per heavy atom. The molecule has 3 aromatic rings. The van der Waals surface area contributed by atoms with E-state index in [0.29, 0.717) is 35.5 Å². The van der Waals surface area contributed by atoms with Crippen molar-refractivity contribution in [3.05, 3.63) is 35.7 Å². The van der Waals surface area contributed by atoms with E-state index in [1.807, 2.05) is 26.2 Å². The van der Waals surface area contributed by atoms with Crippen LogP contribution in [0.1, 0.15) is 22.3 Å². The van der Waals surface area contributed by atoms with Gasteiger partial charge in [0, 0.05) is 30.4 Å². The summed E-state index contributed by atoms with van der Waals surface area (Å²) in [5, 5.41) is 19.2. The van der Waals surface area contributed by atoms with Crippen molar-refractivity contribution < 1.29 is 9.90 Å². The third-order valence-electron chi connectivity index (χ3n) is 4.99. The molecule has 0 fully saturated rings. The number of fused-ring (bicyclic) bond motifs is 2. The van der Waals surface area contributed by atoms with Crippen molar-refractivity contribution in [3.8, 4) is 17.0 Å². The van der Waals surface area contributed by atoms with Crippen molar-refractivity contribution >= 4 is 22.4 Å². The summed E-state index contributed by atoms with van der Waals surface area (Å²) in [6.07, 6.45) is 3.79. The van der Waals surface area contributed by atoms with Crippen LogP contribution in [-0.4, -0.2) is 64.3 Å². The van der Waals surface area contributed by atoms with Crippen LogP contribution >= 0.6 is 0 Å². The molecule has 0 unspecified atom stereocenters. The molecule has 0 saturated carbocycles. The van der Waals surface area contributed by atoms with Gasteiger partial charge in [0.05, 0.1) is 34.9 Å². The molecule has 28 heavy (non-hydrogen) atoms. The fourth-order valence-corrected chi connectivity index (χ4v) is 3.75. The second-order valence-electron chi connectivity index (χ2n) is 7.24. The molecule has 2 heterocycles. The van der Waals surface area contributed by atoms with Gasteiger partial charge >= 0.3 is 0 Å². The minimum absolute atomic E-state index is 0.0415. The number of ketones is 1. The van der Waals surface area contributed by atoms with Crippen LogP contribution < -0.4 is 11.1 Å². The zero-order valence-corrected chi connectivity index (χ0v) is 16.1. The quantitative estimate of drug-likeness (QED) is 0.418. The Labute approximate surface area is 163 Å². The van der Waals surface area contributed by atoms with Crippen LogP contribution in [-0.2, 0) is 6.54 Å². The number of aromatic hydroxyl groups is 1. The molecule has 146 valence electrons. The molecule has 0 aliphatic heterocycles. The first-order valence-corrected chi connectivity index (χ1v) is 9.37. The average molecular weight is 380 g/mol. The lowest BCUT2D eigenvalue weighted by molar-refractivity contribution is 0.104. The fraction of sp³-hybridized carbons (Fsp3) is 0.350. The van der Waals surface area contributed by atoms with E-state index in [2.05, 4.69) is 20.3 Å². The van der Waals surface area contributed by atoms with Gasteiger partial charge in [0.25, 0.3) is 0 Å². The Bertz CT molecular complexity index is 1060. The number of hydrogen-bond acceptors (Lipinski definition) is 7. The maximum atomic E-state index is 13.3. The van der Waals surface area contributed by atoms with Crippen molar-refractivity contribution in [2.75, 3.05) is 39.0 Å². The van der Waals surface area contributed by atoms with Gasteiger partial charge in [-0.2, -0.15) is 5.10 Å². The van der Waals surface area contributed by atoms with Gasteiger partial charge in [0.2, 0.25) is 0 Å². The molecule has 0 atom stereocenters. The summed E-state index contributed by atoms with van der Waals surface area (Å²) in [5.74, 6) is -0.195. The molecule has 2 aromatic heterocycles. The van der Waals surface area contributed by atoms with Crippen molar-refractivity contribution in [2.45, 2.75) is 13.0 Å². The highest BCUT2D eigenvalue weighted by molar-refractivity contribution is 6.28. The van der Waals surface area contributed by atoms with Crippen molar-refractivity contribution in [3.63, 3.8) is 0 Å². The molecule has 1 aliphatic rings. The second kappa shape index (κ2) is 7.21. The molecule has 0 radical (unpaired) electrons. The summed E-state index contributed by atoms with van der Waals surface area (Å²) in [6, 6.07) is 3.88. The predicted molar refractivity (Wildman–Crippen MR) is 109 cm³/mol. The van der Waals surface area contributed by atoms with E-state index in [0.717, 1.165) is 36.1 Å². The van der Waals surface area contributed by atoms with Gasteiger partial charge < -0.3 is 21.1 Å². The van der Waals surface area contributed by atoms with Crippen molar-refractivity contribution in [1.29, 1.82) is 0 Å². The molecule has 0 spiro atoms. The lowest BCUT2D eigenvalue weighted by Crippen LogP contribution is -2.18. The summed E-state index contributed by atoms with van der Waals surface area (Å²) in [4.78, 5) is 19.4. The summed E-state index contributed by atoms with van der Waals surface area (Å²) >= 11 is 0. The number of rotatable bonds is 7. The second-order valence-corrected chi connectivity index (χ2v) is 7.24. The first-order valence-electron chi connectivity index (χ1n) is 9.37. The van der Waals surface area contributed by atoms with Gasteiger partial charge in [-0.1, -0.05) is 0 Å². The van der Waals surface area contributed by atoms with E-state index in [1.165, 1.54) is 12.4 Å². The maximum Gasteiger partial charge on any atom is 0.198 e. The monoisotopic (exact) mass is 380 g/mol.